The van der Waals surface area contributed by atoms with Gasteiger partial charge in [-0.15, -0.1) is 0 Å². The summed E-state index contributed by atoms with van der Waals surface area (Å²) >= 11 is 0. The van der Waals surface area contributed by atoms with Gasteiger partial charge in [0.1, 0.15) is 6.04 Å². The third kappa shape index (κ3) is 5.38. The third-order valence-electron chi connectivity index (χ3n) is 3.54. The van der Waals surface area contributed by atoms with Gasteiger partial charge in [-0.05, 0) is 24.7 Å². The third-order valence-corrected chi connectivity index (χ3v) is 3.54. The fourth-order valence-corrected chi connectivity index (χ4v) is 1.87. The van der Waals surface area contributed by atoms with Crippen LogP contribution in [0.4, 0.5) is 4.79 Å². The molecule has 0 aromatic carbocycles. The van der Waals surface area contributed by atoms with Crippen LogP contribution in [0.3, 0.4) is 0 Å². The van der Waals surface area contributed by atoms with Gasteiger partial charge in [0, 0.05) is 6.54 Å². The molecule has 2 atom stereocenters. The van der Waals surface area contributed by atoms with Crippen LogP contribution in [-0.4, -0.2) is 29.7 Å². The summed E-state index contributed by atoms with van der Waals surface area (Å²) in [5.74, 6) is -0.182. The van der Waals surface area contributed by atoms with E-state index in [2.05, 4.69) is 10.6 Å². The van der Waals surface area contributed by atoms with Crippen molar-refractivity contribution in [2.45, 2.75) is 52.0 Å². The highest BCUT2D eigenvalue weighted by atomic mass is 16.4. The Balaban J connectivity index is 2.20. The molecule has 0 heterocycles. The summed E-state index contributed by atoms with van der Waals surface area (Å²) in [6.45, 7) is 4.36. The zero-order valence-corrected chi connectivity index (χ0v) is 11.2. The minimum absolute atomic E-state index is 0.0697. The minimum atomic E-state index is -0.975. The number of carboxylic acid groups (broad SMARTS) is 1. The maximum Gasteiger partial charge on any atom is 0.326 e. The molecule has 0 radical (unpaired) electrons. The molecule has 1 aliphatic carbocycles. The van der Waals surface area contributed by atoms with Crippen molar-refractivity contribution in [1.82, 2.24) is 10.6 Å². The summed E-state index contributed by atoms with van der Waals surface area (Å²) in [5, 5.41) is 14.3. The standard InChI is InChI=1S/C13H24N2O3/c1-3-9(2)11(12(16)17)15-13(18)14-8-4-5-10-6-7-10/h9-11H,3-8H2,1-2H3,(H,16,17)(H2,14,15,18)/t9?,11-/m0/s1. The summed E-state index contributed by atoms with van der Waals surface area (Å²) in [4.78, 5) is 22.6. The topological polar surface area (TPSA) is 78.4 Å². The van der Waals surface area contributed by atoms with E-state index in [9.17, 15) is 9.59 Å². The number of aliphatic carboxylic acids is 1. The van der Waals surface area contributed by atoms with Gasteiger partial charge in [0.25, 0.3) is 0 Å². The van der Waals surface area contributed by atoms with Crippen LogP contribution in [0.5, 0.6) is 0 Å². The molecule has 5 nitrogen and oxygen atoms in total. The Morgan fingerprint density at radius 1 is 1.39 bits per heavy atom. The van der Waals surface area contributed by atoms with Gasteiger partial charge in [0.05, 0.1) is 0 Å². The molecular formula is C13H24N2O3. The van der Waals surface area contributed by atoms with Gasteiger partial charge in [0.15, 0.2) is 0 Å². The van der Waals surface area contributed by atoms with Crippen molar-refractivity contribution in [3.05, 3.63) is 0 Å². The molecule has 0 bridgehead atoms. The maximum atomic E-state index is 11.6. The second-order valence-electron chi connectivity index (χ2n) is 5.19. The molecule has 1 rings (SSSR count). The van der Waals surface area contributed by atoms with E-state index in [-0.39, 0.29) is 11.9 Å². The minimum Gasteiger partial charge on any atom is -0.480 e. The molecule has 0 aliphatic heterocycles. The first-order valence-corrected chi connectivity index (χ1v) is 6.81. The molecule has 1 saturated carbocycles. The molecule has 2 amide bonds. The lowest BCUT2D eigenvalue weighted by atomic mass is 9.99. The summed E-state index contributed by atoms with van der Waals surface area (Å²) in [7, 11) is 0. The Kier molecular flexibility index (Phi) is 5.95. The van der Waals surface area contributed by atoms with Crippen molar-refractivity contribution >= 4 is 12.0 Å². The molecule has 1 unspecified atom stereocenters. The fourth-order valence-electron chi connectivity index (χ4n) is 1.87. The Morgan fingerprint density at radius 3 is 2.56 bits per heavy atom. The number of amides is 2. The van der Waals surface area contributed by atoms with Crippen LogP contribution in [0.25, 0.3) is 0 Å². The molecule has 0 aromatic heterocycles. The number of carbonyl (C=O) groups excluding carboxylic acids is 1. The Bertz CT molecular complexity index is 290. The number of nitrogens with one attached hydrogen (secondary N) is 2. The smallest absolute Gasteiger partial charge is 0.326 e. The van der Waals surface area contributed by atoms with E-state index in [1.807, 2.05) is 13.8 Å². The van der Waals surface area contributed by atoms with Crippen LogP contribution in [0.15, 0.2) is 0 Å². The van der Waals surface area contributed by atoms with Gasteiger partial charge in [-0.3, -0.25) is 0 Å². The van der Waals surface area contributed by atoms with E-state index in [0.29, 0.717) is 6.54 Å². The van der Waals surface area contributed by atoms with E-state index in [1.165, 1.54) is 12.8 Å². The van der Waals surface area contributed by atoms with Gasteiger partial charge >= 0.3 is 12.0 Å². The van der Waals surface area contributed by atoms with Crippen molar-refractivity contribution in [1.29, 1.82) is 0 Å². The van der Waals surface area contributed by atoms with Crippen molar-refractivity contribution < 1.29 is 14.7 Å². The Morgan fingerprint density at radius 2 is 2.06 bits per heavy atom. The molecule has 5 heteroatoms. The van der Waals surface area contributed by atoms with E-state index in [4.69, 9.17) is 5.11 Å². The molecule has 1 aliphatic rings. The zero-order valence-electron chi connectivity index (χ0n) is 11.2. The Hall–Kier alpha value is -1.26. The normalized spacial score (nSPS) is 17.9. The first-order chi connectivity index (χ1) is 8.54. The molecule has 1 fully saturated rings. The highest BCUT2D eigenvalue weighted by Gasteiger charge is 2.25. The molecule has 0 aromatic rings. The average Bonchev–Trinajstić information content (AvgIpc) is 3.14. The van der Waals surface area contributed by atoms with Gasteiger partial charge < -0.3 is 15.7 Å². The maximum absolute atomic E-state index is 11.6. The highest BCUT2D eigenvalue weighted by Crippen LogP contribution is 2.33. The van der Waals surface area contributed by atoms with Crippen molar-refractivity contribution in [3.63, 3.8) is 0 Å². The number of urea groups is 1. The number of hydrogen-bond donors (Lipinski definition) is 3. The van der Waals surface area contributed by atoms with E-state index in [0.717, 1.165) is 25.2 Å². The van der Waals surface area contributed by atoms with Gasteiger partial charge in [-0.2, -0.15) is 0 Å². The van der Waals surface area contributed by atoms with Crippen molar-refractivity contribution in [2.75, 3.05) is 6.54 Å². The average molecular weight is 256 g/mol. The quantitative estimate of drug-likeness (QED) is 0.581. The van der Waals surface area contributed by atoms with Crippen molar-refractivity contribution in [2.24, 2.45) is 11.8 Å². The SMILES string of the molecule is CCC(C)[C@H](NC(=O)NCCCC1CC1)C(=O)O. The van der Waals surface area contributed by atoms with E-state index in [1.54, 1.807) is 0 Å². The molecule has 18 heavy (non-hydrogen) atoms. The largest absolute Gasteiger partial charge is 0.480 e. The number of carboxylic acids is 1. The van der Waals surface area contributed by atoms with E-state index < -0.39 is 12.0 Å². The summed E-state index contributed by atoms with van der Waals surface area (Å²) < 4.78 is 0. The predicted octanol–water partition coefficient (Wildman–Crippen LogP) is 1.98. The number of rotatable bonds is 8. The number of carbonyl (C=O) groups is 2. The molecule has 0 saturated heterocycles. The second-order valence-corrected chi connectivity index (χ2v) is 5.19. The summed E-state index contributed by atoms with van der Waals surface area (Å²) in [6, 6.07) is -1.18. The summed E-state index contributed by atoms with van der Waals surface area (Å²) in [6.07, 6.45) is 5.49. The molecule has 0 spiro atoms. The second kappa shape index (κ2) is 7.24. The monoisotopic (exact) mass is 256 g/mol. The van der Waals surface area contributed by atoms with Crippen LogP contribution in [-0.2, 0) is 4.79 Å². The molecule has 3 N–H and O–H groups in total. The van der Waals surface area contributed by atoms with Crippen LogP contribution in [0, 0.1) is 11.8 Å². The van der Waals surface area contributed by atoms with E-state index >= 15 is 0 Å². The van der Waals surface area contributed by atoms with Gasteiger partial charge in [-0.25, -0.2) is 9.59 Å². The first kappa shape index (κ1) is 14.8. The lowest BCUT2D eigenvalue weighted by Crippen LogP contribution is -2.49. The van der Waals surface area contributed by atoms with Crippen molar-refractivity contribution in [3.8, 4) is 0 Å². The first-order valence-electron chi connectivity index (χ1n) is 6.81. The molecule has 104 valence electrons. The predicted molar refractivity (Wildman–Crippen MR) is 69.4 cm³/mol. The number of hydrogen-bond acceptors (Lipinski definition) is 2. The van der Waals surface area contributed by atoms with Gasteiger partial charge in [0.2, 0.25) is 0 Å². The molecular weight excluding hydrogens is 232 g/mol. The highest BCUT2D eigenvalue weighted by molar-refractivity contribution is 5.82. The van der Waals surface area contributed by atoms with Crippen LogP contribution in [0.1, 0.15) is 46.0 Å². The zero-order chi connectivity index (χ0) is 13.5. The fraction of sp³-hybridized carbons (Fsp3) is 0.846. The van der Waals surface area contributed by atoms with Crippen LogP contribution < -0.4 is 10.6 Å². The summed E-state index contributed by atoms with van der Waals surface area (Å²) in [5.41, 5.74) is 0. The van der Waals surface area contributed by atoms with Crippen LogP contribution in [0.2, 0.25) is 0 Å². The Labute approximate surface area is 108 Å². The van der Waals surface area contributed by atoms with Crippen LogP contribution >= 0.6 is 0 Å². The van der Waals surface area contributed by atoms with Gasteiger partial charge in [-0.1, -0.05) is 33.1 Å². The lowest BCUT2D eigenvalue weighted by Gasteiger charge is -2.20. The lowest BCUT2D eigenvalue weighted by molar-refractivity contribution is -0.140.